The molecule has 0 aromatic carbocycles. The molecule has 0 saturated carbocycles. The maximum Gasteiger partial charge on any atom is 0.0733 e. The van der Waals surface area contributed by atoms with Crippen LogP contribution in [-0.2, 0) is 4.74 Å². The Morgan fingerprint density at radius 3 is 3.00 bits per heavy atom. The van der Waals surface area contributed by atoms with Crippen LogP contribution in [0.5, 0.6) is 0 Å². The summed E-state index contributed by atoms with van der Waals surface area (Å²) in [7, 11) is 0. The Morgan fingerprint density at radius 2 is 2.46 bits per heavy atom. The number of rotatable bonds is 3. The maximum absolute atomic E-state index is 8.52. The minimum atomic E-state index is 0.304. The van der Waals surface area contributed by atoms with Crippen molar-refractivity contribution < 1.29 is 4.74 Å². The Labute approximate surface area is 79.1 Å². The molecule has 0 amide bonds. The van der Waals surface area contributed by atoms with E-state index >= 15 is 0 Å². The Bertz CT molecular complexity index is 223. The van der Waals surface area contributed by atoms with E-state index in [2.05, 4.69) is 18.3 Å². The van der Waals surface area contributed by atoms with Gasteiger partial charge in [0, 0.05) is 12.1 Å². The van der Waals surface area contributed by atoms with E-state index in [0.717, 1.165) is 6.42 Å². The van der Waals surface area contributed by atoms with Crippen LogP contribution in [0, 0.1) is 11.3 Å². The van der Waals surface area contributed by atoms with Crippen LogP contribution >= 0.6 is 0 Å². The first-order valence-corrected chi connectivity index (χ1v) is 5.08. The van der Waals surface area contributed by atoms with E-state index in [0.29, 0.717) is 30.7 Å². The van der Waals surface area contributed by atoms with Gasteiger partial charge in [-0.15, -0.1) is 0 Å². The lowest BCUT2D eigenvalue weighted by Crippen LogP contribution is -2.42. The number of fused-ring (bicyclic) bond motifs is 2. The van der Waals surface area contributed by atoms with E-state index in [1.165, 1.54) is 12.8 Å². The fourth-order valence-electron chi connectivity index (χ4n) is 2.37. The van der Waals surface area contributed by atoms with Gasteiger partial charge in [0.05, 0.1) is 24.7 Å². The largest absolute Gasteiger partial charge is 0.373 e. The quantitative estimate of drug-likeness (QED) is 0.709. The van der Waals surface area contributed by atoms with E-state index in [4.69, 9.17) is 10.00 Å². The molecule has 72 valence electrons. The van der Waals surface area contributed by atoms with Gasteiger partial charge in [0.2, 0.25) is 0 Å². The third-order valence-electron chi connectivity index (χ3n) is 3.00. The highest BCUT2D eigenvalue weighted by Gasteiger charge is 2.40. The SMILES string of the molecule is CC(CC#N)NC1CC2CCC1O2. The molecule has 1 N–H and O–H groups in total. The van der Waals surface area contributed by atoms with Crippen molar-refractivity contribution in [1.29, 1.82) is 5.26 Å². The van der Waals surface area contributed by atoms with Crippen molar-refractivity contribution in [3.05, 3.63) is 0 Å². The van der Waals surface area contributed by atoms with Crippen molar-refractivity contribution in [2.75, 3.05) is 0 Å². The van der Waals surface area contributed by atoms with Crippen LogP contribution in [-0.4, -0.2) is 24.3 Å². The molecule has 2 heterocycles. The molecule has 2 aliphatic rings. The first kappa shape index (κ1) is 8.98. The molecule has 4 unspecified atom stereocenters. The standard InChI is InChI=1S/C10H16N2O/c1-7(4-5-11)12-9-6-8-2-3-10(9)13-8/h7-10,12H,2-4,6H2,1H3. The zero-order chi connectivity index (χ0) is 9.26. The van der Waals surface area contributed by atoms with Crippen LogP contribution in [0.2, 0.25) is 0 Å². The summed E-state index contributed by atoms with van der Waals surface area (Å²) >= 11 is 0. The molecule has 3 heteroatoms. The number of nitrogens with zero attached hydrogens (tertiary/aromatic N) is 1. The van der Waals surface area contributed by atoms with E-state index < -0.39 is 0 Å². The fraction of sp³-hybridized carbons (Fsp3) is 0.900. The molecular formula is C10H16N2O. The minimum absolute atomic E-state index is 0.304. The van der Waals surface area contributed by atoms with Gasteiger partial charge in [-0.3, -0.25) is 0 Å². The molecule has 2 bridgehead atoms. The minimum Gasteiger partial charge on any atom is -0.373 e. The molecule has 2 saturated heterocycles. The summed E-state index contributed by atoms with van der Waals surface area (Å²) < 4.78 is 5.72. The summed E-state index contributed by atoms with van der Waals surface area (Å²) in [4.78, 5) is 0. The highest BCUT2D eigenvalue weighted by molar-refractivity contribution is 4.95. The van der Waals surface area contributed by atoms with Crippen molar-refractivity contribution in [1.82, 2.24) is 5.32 Å². The molecule has 0 spiro atoms. The number of ether oxygens (including phenoxy) is 1. The van der Waals surface area contributed by atoms with Crippen LogP contribution in [0.3, 0.4) is 0 Å². The van der Waals surface area contributed by atoms with Gasteiger partial charge < -0.3 is 10.1 Å². The number of nitriles is 1. The van der Waals surface area contributed by atoms with Crippen LogP contribution in [0.15, 0.2) is 0 Å². The Hall–Kier alpha value is -0.590. The van der Waals surface area contributed by atoms with Gasteiger partial charge in [-0.25, -0.2) is 0 Å². The van der Waals surface area contributed by atoms with Gasteiger partial charge in [0.15, 0.2) is 0 Å². The molecule has 0 radical (unpaired) electrons. The van der Waals surface area contributed by atoms with Gasteiger partial charge in [0.25, 0.3) is 0 Å². The predicted octanol–water partition coefficient (Wildman–Crippen LogP) is 1.20. The van der Waals surface area contributed by atoms with Crippen LogP contribution in [0.4, 0.5) is 0 Å². The topological polar surface area (TPSA) is 45.0 Å². The summed E-state index contributed by atoms with van der Waals surface area (Å²) in [6.45, 7) is 2.06. The Kier molecular flexibility index (Phi) is 2.52. The van der Waals surface area contributed by atoms with Gasteiger partial charge >= 0.3 is 0 Å². The molecule has 2 fully saturated rings. The summed E-state index contributed by atoms with van der Waals surface area (Å²) in [5.41, 5.74) is 0. The molecule has 2 aliphatic heterocycles. The second-order valence-corrected chi connectivity index (χ2v) is 4.15. The van der Waals surface area contributed by atoms with Crippen molar-refractivity contribution in [3.63, 3.8) is 0 Å². The number of hydrogen-bond donors (Lipinski definition) is 1. The van der Waals surface area contributed by atoms with Gasteiger partial charge in [-0.05, 0) is 26.2 Å². The normalized spacial score (nSPS) is 38.9. The summed E-state index contributed by atoms with van der Waals surface area (Å²) in [5.74, 6) is 0. The summed E-state index contributed by atoms with van der Waals surface area (Å²) in [6, 6.07) is 2.99. The second kappa shape index (κ2) is 3.65. The van der Waals surface area contributed by atoms with Crippen LogP contribution < -0.4 is 5.32 Å². The Morgan fingerprint density at radius 1 is 1.62 bits per heavy atom. The third kappa shape index (κ3) is 1.84. The Balaban J connectivity index is 1.80. The molecule has 3 nitrogen and oxygen atoms in total. The molecule has 4 atom stereocenters. The second-order valence-electron chi connectivity index (χ2n) is 4.15. The molecule has 2 rings (SSSR count). The first-order valence-electron chi connectivity index (χ1n) is 5.08. The van der Waals surface area contributed by atoms with Crippen molar-refractivity contribution in [2.45, 2.75) is 56.9 Å². The lowest BCUT2D eigenvalue weighted by molar-refractivity contribution is 0.0963. The summed E-state index contributed by atoms with van der Waals surface area (Å²) in [5, 5.41) is 12.0. The maximum atomic E-state index is 8.52. The first-order chi connectivity index (χ1) is 6.29. The molecule has 13 heavy (non-hydrogen) atoms. The van der Waals surface area contributed by atoms with Crippen LogP contribution in [0.25, 0.3) is 0 Å². The third-order valence-corrected chi connectivity index (χ3v) is 3.00. The van der Waals surface area contributed by atoms with Gasteiger partial charge in [0.1, 0.15) is 0 Å². The predicted molar refractivity (Wildman–Crippen MR) is 49.1 cm³/mol. The van der Waals surface area contributed by atoms with Gasteiger partial charge in [-0.2, -0.15) is 5.26 Å². The zero-order valence-corrected chi connectivity index (χ0v) is 7.99. The van der Waals surface area contributed by atoms with E-state index in [-0.39, 0.29) is 0 Å². The molecule has 0 aromatic heterocycles. The lowest BCUT2D eigenvalue weighted by Gasteiger charge is -2.23. The monoisotopic (exact) mass is 180 g/mol. The lowest BCUT2D eigenvalue weighted by atomic mass is 9.95. The molecule has 0 aromatic rings. The average Bonchev–Trinajstić information content (AvgIpc) is 2.65. The van der Waals surface area contributed by atoms with Crippen molar-refractivity contribution in [2.24, 2.45) is 0 Å². The zero-order valence-electron chi connectivity index (χ0n) is 7.99. The average molecular weight is 180 g/mol. The van der Waals surface area contributed by atoms with E-state index in [9.17, 15) is 0 Å². The van der Waals surface area contributed by atoms with E-state index in [1.54, 1.807) is 0 Å². The van der Waals surface area contributed by atoms with E-state index in [1.807, 2.05) is 0 Å². The van der Waals surface area contributed by atoms with Crippen molar-refractivity contribution in [3.8, 4) is 6.07 Å². The molecular weight excluding hydrogens is 164 g/mol. The van der Waals surface area contributed by atoms with Crippen molar-refractivity contribution >= 4 is 0 Å². The fourth-order valence-corrected chi connectivity index (χ4v) is 2.37. The van der Waals surface area contributed by atoms with Gasteiger partial charge in [-0.1, -0.05) is 0 Å². The number of nitrogens with one attached hydrogen (secondary N) is 1. The highest BCUT2D eigenvalue weighted by Crippen LogP contribution is 2.34. The smallest absolute Gasteiger partial charge is 0.0733 e. The van der Waals surface area contributed by atoms with Crippen LogP contribution in [0.1, 0.15) is 32.6 Å². The highest BCUT2D eigenvalue weighted by atomic mass is 16.5. The molecule has 0 aliphatic carbocycles. The summed E-state index contributed by atoms with van der Waals surface area (Å²) in [6.07, 6.45) is 5.08. The number of hydrogen-bond acceptors (Lipinski definition) is 3.